The van der Waals surface area contributed by atoms with Gasteiger partial charge >= 0.3 is 0 Å². The van der Waals surface area contributed by atoms with E-state index in [1.54, 1.807) is 7.11 Å². The maximum Gasteiger partial charge on any atom is 0.119 e. The average molecular weight is 233 g/mol. The van der Waals surface area contributed by atoms with Crippen molar-refractivity contribution in [3.8, 4) is 5.75 Å². The Hall–Kier alpha value is -1.02. The van der Waals surface area contributed by atoms with Gasteiger partial charge in [-0.1, -0.05) is 25.5 Å². The van der Waals surface area contributed by atoms with Crippen LogP contribution in [0.1, 0.15) is 31.7 Å². The second-order valence-corrected chi connectivity index (χ2v) is 5.49. The van der Waals surface area contributed by atoms with Crippen molar-refractivity contribution in [1.82, 2.24) is 4.90 Å². The first-order chi connectivity index (χ1) is 8.14. The van der Waals surface area contributed by atoms with E-state index in [9.17, 15) is 0 Å². The lowest BCUT2D eigenvalue weighted by molar-refractivity contribution is 0.277. The van der Waals surface area contributed by atoms with E-state index < -0.39 is 0 Å². The van der Waals surface area contributed by atoms with Gasteiger partial charge in [-0.05, 0) is 44.1 Å². The highest BCUT2D eigenvalue weighted by molar-refractivity contribution is 5.34. The molecule has 1 aromatic carbocycles. The molecule has 2 nitrogen and oxygen atoms in total. The molecule has 0 spiro atoms. The minimum atomic E-state index is 0.264. The predicted molar refractivity (Wildman–Crippen MR) is 71.7 cm³/mol. The Kier molecular flexibility index (Phi) is 3.72. The van der Waals surface area contributed by atoms with Gasteiger partial charge in [-0.3, -0.25) is 0 Å². The Morgan fingerprint density at radius 1 is 1.29 bits per heavy atom. The molecule has 1 saturated heterocycles. The van der Waals surface area contributed by atoms with Crippen LogP contribution in [0.5, 0.6) is 5.75 Å². The molecule has 1 unspecified atom stereocenters. The van der Waals surface area contributed by atoms with Crippen LogP contribution in [0.2, 0.25) is 0 Å². The number of hydrogen-bond donors (Lipinski definition) is 0. The van der Waals surface area contributed by atoms with Gasteiger partial charge in [0, 0.05) is 12.0 Å². The fourth-order valence-corrected chi connectivity index (χ4v) is 2.88. The Morgan fingerprint density at radius 2 is 2.12 bits per heavy atom. The van der Waals surface area contributed by atoms with Gasteiger partial charge in [-0.15, -0.1) is 0 Å². The largest absolute Gasteiger partial charge is 0.497 e. The standard InChI is InChI=1S/C15H23NO/c1-15(9-4-5-10-16(2)12-15)13-7-6-8-14(11-13)17-3/h6-8,11H,4-5,9-10,12H2,1-3H3. The summed E-state index contributed by atoms with van der Waals surface area (Å²) in [6.45, 7) is 4.74. The van der Waals surface area contributed by atoms with E-state index in [0.29, 0.717) is 0 Å². The topological polar surface area (TPSA) is 12.5 Å². The number of likely N-dealkylation sites (tertiary alicyclic amines) is 1. The number of nitrogens with zero attached hydrogens (tertiary/aromatic N) is 1. The lowest BCUT2D eigenvalue weighted by atomic mass is 9.78. The van der Waals surface area contributed by atoms with Gasteiger partial charge < -0.3 is 9.64 Å². The maximum atomic E-state index is 5.34. The normalized spacial score (nSPS) is 26.5. The van der Waals surface area contributed by atoms with Gasteiger partial charge in [0.15, 0.2) is 0 Å². The summed E-state index contributed by atoms with van der Waals surface area (Å²) in [7, 11) is 3.96. The molecule has 0 radical (unpaired) electrons. The van der Waals surface area contributed by atoms with Crippen LogP contribution in [0, 0.1) is 0 Å². The van der Waals surface area contributed by atoms with Crippen LogP contribution >= 0.6 is 0 Å². The summed E-state index contributed by atoms with van der Waals surface area (Å²) in [5.74, 6) is 0.968. The van der Waals surface area contributed by atoms with E-state index in [-0.39, 0.29) is 5.41 Å². The molecule has 0 bridgehead atoms. The highest BCUT2D eigenvalue weighted by atomic mass is 16.5. The molecular formula is C15H23NO. The molecule has 2 rings (SSSR count). The molecule has 0 N–H and O–H groups in total. The van der Waals surface area contributed by atoms with Crippen LogP contribution in [-0.4, -0.2) is 32.1 Å². The van der Waals surface area contributed by atoms with Crippen LogP contribution in [0.4, 0.5) is 0 Å². The molecule has 0 aromatic heterocycles. The smallest absolute Gasteiger partial charge is 0.119 e. The van der Waals surface area contributed by atoms with E-state index >= 15 is 0 Å². The number of hydrogen-bond acceptors (Lipinski definition) is 2. The summed E-state index contributed by atoms with van der Waals surface area (Å²) in [4.78, 5) is 2.45. The summed E-state index contributed by atoms with van der Waals surface area (Å²) >= 11 is 0. The maximum absolute atomic E-state index is 5.34. The van der Waals surface area contributed by atoms with Crippen LogP contribution in [-0.2, 0) is 5.41 Å². The summed E-state index contributed by atoms with van der Waals surface area (Å²) in [5, 5.41) is 0. The van der Waals surface area contributed by atoms with E-state index in [4.69, 9.17) is 4.74 Å². The summed E-state index contributed by atoms with van der Waals surface area (Å²) in [6, 6.07) is 8.55. The van der Waals surface area contributed by atoms with E-state index in [1.165, 1.54) is 31.4 Å². The molecule has 1 aliphatic rings. The van der Waals surface area contributed by atoms with E-state index in [1.807, 2.05) is 6.07 Å². The third-order valence-electron chi connectivity index (χ3n) is 3.90. The lowest BCUT2D eigenvalue weighted by Gasteiger charge is -2.32. The van der Waals surface area contributed by atoms with Crippen molar-refractivity contribution in [2.75, 3.05) is 27.2 Å². The number of ether oxygens (including phenoxy) is 1. The van der Waals surface area contributed by atoms with Crippen LogP contribution < -0.4 is 4.74 Å². The molecule has 1 fully saturated rings. The van der Waals surface area contributed by atoms with E-state index in [0.717, 1.165) is 12.3 Å². The zero-order chi connectivity index (χ0) is 12.3. The molecule has 1 aromatic rings. The quantitative estimate of drug-likeness (QED) is 0.778. The van der Waals surface area contributed by atoms with Crippen LogP contribution in [0.3, 0.4) is 0 Å². The zero-order valence-corrected chi connectivity index (χ0v) is 11.2. The third kappa shape index (κ3) is 2.81. The Morgan fingerprint density at radius 3 is 2.88 bits per heavy atom. The Labute approximate surface area is 105 Å². The van der Waals surface area contributed by atoms with Gasteiger partial charge in [0.2, 0.25) is 0 Å². The predicted octanol–water partition coefficient (Wildman–Crippen LogP) is 3.07. The highest BCUT2D eigenvalue weighted by Crippen LogP contribution is 2.34. The number of benzene rings is 1. The fraction of sp³-hybridized carbons (Fsp3) is 0.600. The molecule has 17 heavy (non-hydrogen) atoms. The van der Waals surface area contributed by atoms with Crippen molar-refractivity contribution in [1.29, 1.82) is 0 Å². The van der Waals surface area contributed by atoms with Crippen LogP contribution in [0.15, 0.2) is 24.3 Å². The fourth-order valence-electron chi connectivity index (χ4n) is 2.88. The molecular weight excluding hydrogens is 210 g/mol. The minimum Gasteiger partial charge on any atom is -0.497 e. The van der Waals surface area contributed by atoms with Gasteiger partial charge in [0.05, 0.1) is 7.11 Å². The zero-order valence-electron chi connectivity index (χ0n) is 11.2. The molecule has 1 heterocycles. The number of rotatable bonds is 2. The van der Waals surface area contributed by atoms with Crippen molar-refractivity contribution in [3.05, 3.63) is 29.8 Å². The van der Waals surface area contributed by atoms with Gasteiger partial charge in [-0.25, -0.2) is 0 Å². The van der Waals surface area contributed by atoms with Crippen molar-refractivity contribution < 1.29 is 4.74 Å². The van der Waals surface area contributed by atoms with Gasteiger partial charge in [0.1, 0.15) is 5.75 Å². The number of methoxy groups -OCH3 is 1. The lowest BCUT2D eigenvalue weighted by Crippen LogP contribution is -2.35. The third-order valence-corrected chi connectivity index (χ3v) is 3.90. The summed E-state index contributed by atoms with van der Waals surface area (Å²) in [5.41, 5.74) is 1.67. The molecule has 1 atom stereocenters. The molecule has 1 aliphatic heterocycles. The van der Waals surface area contributed by atoms with E-state index in [2.05, 4.69) is 37.1 Å². The monoisotopic (exact) mass is 233 g/mol. The first kappa shape index (κ1) is 12.4. The summed E-state index contributed by atoms with van der Waals surface area (Å²) < 4.78 is 5.34. The van der Waals surface area contributed by atoms with Crippen molar-refractivity contribution in [3.63, 3.8) is 0 Å². The van der Waals surface area contributed by atoms with Gasteiger partial charge in [0.25, 0.3) is 0 Å². The minimum absolute atomic E-state index is 0.264. The summed E-state index contributed by atoms with van der Waals surface area (Å²) in [6.07, 6.45) is 3.90. The highest BCUT2D eigenvalue weighted by Gasteiger charge is 2.29. The van der Waals surface area contributed by atoms with Crippen molar-refractivity contribution in [2.24, 2.45) is 0 Å². The Balaban J connectivity index is 2.28. The molecule has 2 heteroatoms. The molecule has 0 aliphatic carbocycles. The SMILES string of the molecule is COc1cccc(C2(C)CCCCN(C)C2)c1. The number of likely N-dealkylation sites (N-methyl/N-ethyl adjacent to an activating group) is 1. The first-order valence-corrected chi connectivity index (χ1v) is 6.47. The molecule has 0 amide bonds. The molecule has 94 valence electrons. The van der Waals surface area contributed by atoms with Crippen molar-refractivity contribution in [2.45, 2.75) is 31.6 Å². The Bertz CT molecular complexity index is 377. The van der Waals surface area contributed by atoms with Crippen molar-refractivity contribution >= 4 is 0 Å². The molecule has 0 saturated carbocycles. The average Bonchev–Trinajstić information content (AvgIpc) is 2.51. The second-order valence-electron chi connectivity index (χ2n) is 5.49. The second kappa shape index (κ2) is 5.09. The first-order valence-electron chi connectivity index (χ1n) is 6.47. The van der Waals surface area contributed by atoms with Gasteiger partial charge in [-0.2, -0.15) is 0 Å². The van der Waals surface area contributed by atoms with Crippen LogP contribution in [0.25, 0.3) is 0 Å².